The van der Waals surface area contributed by atoms with Crippen molar-refractivity contribution in [2.75, 3.05) is 13.1 Å². The van der Waals surface area contributed by atoms with Crippen LogP contribution in [0.15, 0.2) is 22.5 Å². The van der Waals surface area contributed by atoms with Crippen LogP contribution in [-0.2, 0) is 12.0 Å². The average Bonchev–Trinajstić information content (AvgIpc) is 3.18. The van der Waals surface area contributed by atoms with E-state index >= 15 is 0 Å². The number of halogens is 2. The molecule has 2 aromatic heterocycles. The summed E-state index contributed by atoms with van der Waals surface area (Å²) in [5.41, 5.74) is 1.14. The fourth-order valence-electron chi connectivity index (χ4n) is 2.02. The van der Waals surface area contributed by atoms with Gasteiger partial charge >= 0.3 is 0 Å². The second-order valence-electron chi connectivity index (χ2n) is 6.61. The predicted molar refractivity (Wildman–Crippen MR) is 123 cm³/mol. The number of hydrogen-bond donors (Lipinski definition) is 3. The molecule has 0 fully saturated rings. The van der Waals surface area contributed by atoms with E-state index in [-0.39, 0.29) is 29.4 Å². The fraction of sp³-hybridized carbons (Fsp3) is 0.529. The molecule has 0 saturated heterocycles. The standard InChI is InChI=1S/C17H25ClN4OS2.HI/c1-5-19-16(20-8-11(23)12-6-7-14(18)25-12)21-9-15-22-13(10-24-15)17(2,3)4;/h6-7,10-11,23H,5,8-9H2,1-4H3,(H2,19,20,21);1H. The molecular formula is C17H26ClIN4OS2. The van der Waals surface area contributed by atoms with Crippen LogP contribution in [-0.4, -0.2) is 29.1 Å². The van der Waals surface area contributed by atoms with E-state index < -0.39 is 6.10 Å². The lowest BCUT2D eigenvalue weighted by molar-refractivity contribution is 0.184. The number of nitrogens with zero attached hydrogens (tertiary/aromatic N) is 2. The molecule has 0 aliphatic carbocycles. The molecule has 0 saturated carbocycles. The summed E-state index contributed by atoms with van der Waals surface area (Å²) in [7, 11) is 0. The van der Waals surface area contributed by atoms with Crippen LogP contribution in [0.25, 0.3) is 0 Å². The highest BCUT2D eigenvalue weighted by molar-refractivity contribution is 14.0. The third-order valence-electron chi connectivity index (χ3n) is 3.42. The summed E-state index contributed by atoms with van der Waals surface area (Å²) in [5, 5.41) is 19.6. The zero-order valence-electron chi connectivity index (χ0n) is 15.4. The minimum absolute atomic E-state index is 0. The SMILES string of the molecule is CCNC(=NCc1nc(C(C)(C)C)cs1)NCC(O)c1ccc(Cl)s1.I. The number of nitrogens with one attached hydrogen (secondary N) is 2. The van der Waals surface area contributed by atoms with Gasteiger partial charge in [-0.05, 0) is 19.1 Å². The van der Waals surface area contributed by atoms with Crippen molar-refractivity contribution in [2.24, 2.45) is 4.99 Å². The van der Waals surface area contributed by atoms with Crippen LogP contribution in [0.2, 0.25) is 4.34 Å². The van der Waals surface area contributed by atoms with Crippen molar-refractivity contribution in [1.29, 1.82) is 0 Å². The van der Waals surface area contributed by atoms with Gasteiger partial charge < -0.3 is 15.7 Å². The van der Waals surface area contributed by atoms with Gasteiger partial charge in [-0.15, -0.1) is 46.7 Å². The van der Waals surface area contributed by atoms with E-state index in [4.69, 9.17) is 11.6 Å². The molecule has 0 spiro atoms. The van der Waals surface area contributed by atoms with Gasteiger partial charge in [-0.25, -0.2) is 9.98 Å². The summed E-state index contributed by atoms with van der Waals surface area (Å²) in [5.74, 6) is 0.664. The number of hydrogen-bond acceptors (Lipinski definition) is 5. The fourth-order valence-corrected chi connectivity index (χ4v) is 4.01. The Balaban J connectivity index is 0.00000338. The molecule has 2 aromatic rings. The smallest absolute Gasteiger partial charge is 0.191 e. The van der Waals surface area contributed by atoms with Crippen molar-refractivity contribution in [2.45, 2.75) is 45.8 Å². The Morgan fingerprint density at radius 2 is 2.08 bits per heavy atom. The summed E-state index contributed by atoms with van der Waals surface area (Å²) >= 11 is 8.92. The summed E-state index contributed by atoms with van der Waals surface area (Å²) in [6.07, 6.45) is -0.617. The van der Waals surface area contributed by atoms with Crippen molar-refractivity contribution < 1.29 is 5.11 Å². The third kappa shape index (κ3) is 7.30. The lowest BCUT2D eigenvalue weighted by Crippen LogP contribution is -2.39. The van der Waals surface area contributed by atoms with Crippen molar-refractivity contribution in [3.8, 4) is 0 Å². The van der Waals surface area contributed by atoms with Crippen LogP contribution in [0.4, 0.5) is 0 Å². The Morgan fingerprint density at radius 3 is 2.62 bits per heavy atom. The van der Waals surface area contributed by atoms with Gasteiger partial charge in [0, 0.05) is 28.8 Å². The molecule has 0 aliphatic rings. The highest BCUT2D eigenvalue weighted by Crippen LogP contribution is 2.26. The molecule has 0 radical (unpaired) electrons. The van der Waals surface area contributed by atoms with Gasteiger partial charge in [0.15, 0.2) is 5.96 Å². The Kier molecular flexibility index (Phi) is 9.81. The number of rotatable bonds is 6. The molecule has 26 heavy (non-hydrogen) atoms. The largest absolute Gasteiger partial charge is 0.386 e. The minimum atomic E-state index is -0.617. The normalized spacial score (nSPS) is 13.2. The molecule has 0 bridgehead atoms. The van der Waals surface area contributed by atoms with E-state index in [1.807, 2.05) is 13.0 Å². The number of thiazole rings is 1. The van der Waals surface area contributed by atoms with Gasteiger partial charge in [-0.2, -0.15) is 0 Å². The van der Waals surface area contributed by atoms with E-state index in [1.54, 1.807) is 17.4 Å². The summed E-state index contributed by atoms with van der Waals surface area (Å²) in [4.78, 5) is 10.0. The molecule has 9 heteroatoms. The molecule has 1 atom stereocenters. The number of guanidine groups is 1. The van der Waals surface area contributed by atoms with Gasteiger partial charge in [0.2, 0.25) is 0 Å². The first-order chi connectivity index (χ1) is 11.8. The molecule has 1 unspecified atom stereocenters. The van der Waals surface area contributed by atoms with Gasteiger partial charge in [0.1, 0.15) is 11.1 Å². The summed E-state index contributed by atoms with van der Waals surface area (Å²) < 4.78 is 0.674. The van der Waals surface area contributed by atoms with E-state index in [9.17, 15) is 5.11 Å². The molecular weight excluding hydrogens is 503 g/mol. The molecule has 2 heterocycles. The number of aromatic nitrogens is 1. The second kappa shape index (κ2) is 10.8. The molecule has 146 valence electrons. The first kappa shape index (κ1) is 23.6. The Bertz CT molecular complexity index is 712. The monoisotopic (exact) mass is 528 g/mol. The van der Waals surface area contributed by atoms with E-state index in [2.05, 4.69) is 46.8 Å². The Hall–Kier alpha value is -0.420. The highest BCUT2D eigenvalue weighted by atomic mass is 127. The highest BCUT2D eigenvalue weighted by Gasteiger charge is 2.17. The van der Waals surface area contributed by atoms with Gasteiger partial charge in [0.05, 0.1) is 16.6 Å². The Morgan fingerprint density at radius 1 is 1.35 bits per heavy atom. The summed E-state index contributed by atoms with van der Waals surface area (Å²) in [6.45, 7) is 10.1. The molecule has 5 nitrogen and oxygen atoms in total. The average molecular weight is 529 g/mol. The number of thiophene rings is 1. The van der Waals surface area contributed by atoms with Crippen LogP contribution in [0, 0.1) is 0 Å². The van der Waals surface area contributed by atoms with E-state index in [0.717, 1.165) is 22.1 Å². The maximum Gasteiger partial charge on any atom is 0.191 e. The van der Waals surface area contributed by atoms with E-state index in [0.29, 0.717) is 23.4 Å². The number of aliphatic hydroxyl groups is 1. The quantitative estimate of drug-likeness (QED) is 0.292. The maximum atomic E-state index is 10.2. The van der Waals surface area contributed by atoms with E-state index in [1.165, 1.54) is 11.3 Å². The van der Waals surface area contributed by atoms with Crippen LogP contribution in [0.1, 0.15) is 49.4 Å². The first-order valence-electron chi connectivity index (χ1n) is 8.20. The van der Waals surface area contributed by atoms with Crippen LogP contribution < -0.4 is 10.6 Å². The number of aliphatic hydroxyl groups excluding tert-OH is 1. The Labute approximate surface area is 185 Å². The topological polar surface area (TPSA) is 69.5 Å². The third-order valence-corrected chi connectivity index (χ3v) is 5.59. The van der Waals surface area contributed by atoms with Crippen molar-refractivity contribution in [1.82, 2.24) is 15.6 Å². The van der Waals surface area contributed by atoms with Crippen LogP contribution >= 0.6 is 58.3 Å². The van der Waals surface area contributed by atoms with Crippen molar-refractivity contribution in [3.63, 3.8) is 0 Å². The van der Waals surface area contributed by atoms with Crippen LogP contribution in [0.3, 0.4) is 0 Å². The minimum Gasteiger partial charge on any atom is -0.386 e. The van der Waals surface area contributed by atoms with Gasteiger partial charge in [-0.1, -0.05) is 32.4 Å². The zero-order valence-corrected chi connectivity index (χ0v) is 20.1. The molecule has 0 amide bonds. The first-order valence-corrected chi connectivity index (χ1v) is 10.3. The van der Waals surface area contributed by atoms with Crippen LogP contribution in [0.5, 0.6) is 0 Å². The van der Waals surface area contributed by atoms with Crippen molar-refractivity contribution >= 4 is 64.2 Å². The maximum absolute atomic E-state index is 10.2. The second-order valence-corrected chi connectivity index (χ2v) is 9.30. The van der Waals surface area contributed by atoms with Gasteiger partial charge in [0.25, 0.3) is 0 Å². The van der Waals surface area contributed by atoms with Gasteiger partial charge in [-0.3, -0.25) is 0 Å². The number of aliphatic imine (C=N–C) groups is 1. The molecule has 2 rings (SSSR count). The molecule has 0 aromatic carbocycles. The lowest BCUT2D eigenvalue weighted by atomic mass is 9.93. The predicted octanol–water partition coefficient (Wildman–Crippen LogP) is 4.56. The lowest BCUT2D eigenvalue weighted by Gasteiger charge is -2.14. The zero-order chi connectivity index (χ0) is 18.4. The van der Waals surface area contributed by atoms with Crippen molar-refractivity contribution in [3.05, 3.63) is 37.4 Å². The molecule has 0 aliphatic heterocycles. The molecule has 3 N–H and O–H groups in total. The summed E-state index contributed by atoms with van der Waals surface area (Å²) in [6, 6.07) is 3.63.